The van der Waals surface area contributed by atoms with Gasteiger partial charge in [0.1, 0.15) is 5.69 Å². The van der Waals surface area contributed by atoms with Gasteiger partial charge in [0.15, 0.2) is 16.6 Å². The number of rotatable bonds is 10. The maximum absolute atomic E-state index is 13.3. The lowest BCUT2D eigenvalue weighted by Crippen LogP contribution is -2.64. The van der Waals surface area contributed by atoms with Crippen molar-refractivity contribution in [3.63, 3.8) is 0 Å². The predicted molar refractivity (Wildman–Crippen MR) is 124 cm³/mol. The van der Waals surface area contributed by atoms with E-state index in [1.165, 1.54) is 10.2 Å². The molecule has 198 valence electrons. The van der Waals surface area contributed by atoms with Crippen molar-refractivity contribution in [1.82, 2.24) is 29.6 Å². The first-order chi connectivity index (χ1) is 17.5. The van der Waals surface area contributed by atoms with Crippen LogP contribution in [0.15, 0.2) is 10.5 Å². The van der Waals surface area contributed by atoms with Gasteiger partial charge in [-0.25, -0.2) is 14.1 Å². The summed E-state index contributed by atoms with van der Waals surface area (Å²) in [5.74, 6) is -4.13. The Balaban J connectivity index is 1.39. The third kappa shape index (κ3) is 4.79. The van der Waals surface area contributed by atoms with E-state index < -0.39 is 51.9 Å². The fourth-order valence-corrected chi connectivity index (χ4v) is 5.68. The third-order valence-corrected chi connectivity index (χ3v) is 8.00. The minimum absolute atomic E-state index is 0.0255. The van der Waals surface area contributed by atoms with Gasteiger partial charge in [0.05, 0.1) is 29.9 Å². The Kier molecular flexibility index (Phi) is 6.21. The highest BCUT2D eigenvalue weighted by atomic mass is 32.2. The normalized spacial score (nSPS) is 22.8. The van der Waals surface area contributed by atoms with E-state index in [2.05, 4.69) is 25.7 Å². The van der Waals surface area contributed by atoms with E-state index in [-0.39, 0.29) is 35.9 Å². The highest BCUT2D eigenvalue weighted by Crippen LogP contribution is 2.40. The summed E-state index contributed by atoms with van der Waals surface area (Å²) in [7, 11) is -4.91. The molecule has 1 saturated heterocycles. The lowest BCUT2D eigenvalue weighted by atomic mass is 9.84. The number of Topliss-reactive ketones (excluding diaryl/α,β-unsaturated/α-hetero) is 1. The first-order valence-corrected chi connectivity index (χ1v) is 13.4. The first-order valence-electron chi connectivity index (χ1n) is 11.2. The van der Waals surface area contributed by atoms with Gasteiger partial charge < -0.3 is 21.0 Å². The lowest BCUT2D eigenvalue weighted by molar-refractivity contribution is -0.153. The van der Waals surface area contributed by atoms with Gasteiger partial charge in [-0.15, -0.1) is 11.3 Å². The maximum atomic E-state index is 13.3. The molecule has 3 aliphatic rings. The van der Waals surface area contributed by atoms with E-state index in [1.807, 2.05) is 0 Å². The molecule has 1 amide bonds. The molecule has 0 radical (unpaired) electrons. The van der Waals surface area contributed by atoms with Crippen molar-refractivity contribution in [2.45, 2.75) is 50.4 Å². The topological polar surface area (TPSA) is 232 Å². The minimum atomic E-state index is -4.91. The van der Waals surface area contributed by atoms with E-state index in [4.69, 9.17) is 10.6 Å². The third-order valence-electron chi connectivity index (χ3n) is 6.37. The van der Waals surface area contributed by atoms with Crippen LogP contribution < -0.4 is 11.1 Å². The highest BCUT2D eigenvalue weighted by Gasteiger charge is 2.56. The first kappa shape index (κ1) is 25.2. The Hall–Kier alpha value is -3.48. The number of carboxylic acid groups (broad SMARTS) is 1. The standard InChI is InChI=1S/C19H22N8O8S2/c20-18-22-12(8-36-18)15(25-35-19(2-3-19)17(30)31)14(28)5-9-13(27(16(9)29)37(32,33)34)7-26-23-10-1-4-21-6-11(10)24-26/h8-9,13,21H,1-7H2,(H2,20,22)(H,30,31)(H,32,33,34)/b25-15-/t9-,13+/m0/s1. The van der Waals surface area contributed by atoms with E-state index in [0.717, 1.165) is 17.0 Å². The zero-order valence-corrected chi connectivity index (χ0v) is 20.7. The molecular weight excluding hydrogens is 532 g/mol. The largest absolute Gasteiger partial charge is 0.478 e. The number of nitrogens with two attached hydrogens (primary N) is 1. The molecule has 2 atom stereocenters. The van der Waals surface area contributed by atoms with Crippen molar-refractivity contribution < 1.29 is 37.3 Å². The molecule has 5 N–H and O–H groups in total. The molecule has 16 nitrogen and oxygen atoms in total. The molecule has 1 saturated carbocycles. The number of nitrogen functional groups attached to an aromatic ring is 1. The number of nitrogens with zero attached hydrogens (tertiary/aromatic N) is 6. The molecule has 2 aliphatic heterocycles. The Morgan fingerprint density at radius 2 is 2.05 bits per heavy atom. The second-order valence-corrected chi connectivity index (χ2v) is 11.1. The zero-order valence-electron chi connectivity index (χ0n) is 19.1. The molecule has 2 fully saturated rings. The molecule has 18 heteroatoms. The SMILES string of the molecule is Nc1nc(/C(=N/OC2(C(=O)O)CC2)C(=O)C[C@@H]2C(=O)N(S(=O)(=O)O)[C@@H]2Cn2nc3c(n2)CNCC3)cs1. The van der Waals surface area contributed by atoms with E-state index >= 15 is 0 Å². The summed E-state index contributed by atoms with van der Waals surface area (Å²) in [5.41, 5.74) is 5.22. The Bertz CT molecular complexity index is 1390. The number of amides is 1. The van der Waals surface area contributed by atoms with Crippen molar-refractivity contribution in [3.8, 4) is 0 Å². The van der Waals surface area contributed by atoms with Crippen molar-refractivity contribution in [2.24, 2.45) is 11.1 Å². The smallest absolute Gasteiger partial charge is 0.362 e. The monoisotopic (exact) mass is 554 g/mol. The molecule has 0 aromatic carbocycles. The van der Waals surface area contributed by atoms with E-state index in [1.54, 1.807) is 0 Å². The molecule has 1 aliphatic carbocycles. The number of oxime groups is 1. The number of thiazole rings is 1. The average molecular weight is 555 g/mol. The van der Waals surface area contributed by atoms with Crippen LogP contribution in [0.1, 0.15) is 36.3 Å². The van der Waals surface area contributed by atoms with Crippen LogP contribution in [-0.4, -0.2) is 83.9 Å². The maximum Gasteiger partial charge on any atom is 0.362 e. The average Bonchev–Trinajstić information content (AvgIpc) is 3.32. The molecule has 0 unspecified atom stereocenters. The fourth-order valence-electron chi connectivity index (χ4n) is 4.22. The van der Waals surface area contributed by atoms with Crippen LogP contribution in [0, 0.1) is 5.92 Å². The molecular formula is C19H22N8O8S2. The molecule has 4 heterocycles. The number of hydrogen-bond donors (Lipinski definition) is 4. The molecule has 2 aromatic rings. The van der Waals surface area contributed by atoms with Gasteiger partial charge in [-0.2, -0.15) is 23.4 Å². The van der Waals surface area contributed by atoms with Crippen molar-refractivity contribution >= 4 is 50.1 Å². The molecule has 5 rings (SSSR count). The quantitative estimate of drug-likeness (QED) is 0.114. The van der Waals surface area contributed by atoms with Crippen LogP contribution in [0.4, 0.5) is 5.13 Å². The Morgan fingerprint density at radius 1 is 1.32 bits per heavy atom. The number of carbonyl (C=O) groups is 3. The number of aromatic nitrogens is 4. The van der Waals surface area contributed by atoms with Gasteiger partial charge in [0.2, 0.25) is 11.5 Å². The van der Waals surface area contributed by atoms with Crippen LogP contribution >= 0.6 is 11.3 Å². The van der Waals surface area contributed by atoms with Gasteiger partial charge >= 0.3 is 16.3 Å². The van der Waals surface area contributed by atoms with Crippen LogP contribution in [0.25, 0.3) is 0 Å². The van der Waals surface area contributed by atoms with Crippen LogP contribution in [0.2, 0.25) is 0 Å². The number of carbonyl (C=O) groups excluding carboxylic acids is 2. The van der Waals surface area contributed by atoms with Gasteiger partial charge in [0.25, 0.3) is 0 Å². The molecule has 0 bridgehead atoms. The van der Waals surface area contributed by atoms with E-state index in [9.17, 15) is 32.5 Å². The number of ketones is 1. The summed E-state index contributed by atoms with van der Waals surface area (Å²) in [6, 6.07) is -1.15. The summed E-state index contributed by atoms with van der Waals surface area (Å²) in [5, 5.41) is 26.4. The van der Waals surface area contributed by atoms with Crippen molar-refractivity contribution in [1.29, 1.82) is 0 Å². The fraction of sp³-hybridized carbons (Fsp3) is 0.526. The van der Waals surface area contributed by atoms with Crippen LogP contribution in [-0.2, 0) is 49.0 Å². The second kappa shape index (κ2) is 9.12. The lowest BCUT2D eigenvalue weighted by Gasteiger charge is -2.43. The number of nitrogens with one attached hydrogen (secondary N) is 1. The summed E-state index contributed by atoms with van der Waals surface area (Å²) < 4.78 is 33.7. The number of hydrogen-bond acceptors (Lipinski definition) is 13. The van der Waals surface area contributed by atoms with Gasteiger partial charge in [-0.3, -0.25) is 14.1 Å². The minimum Gasteiger partial charge on any atom is -0.478 e. The van der Waals surface area contributed by atoms with Gasteiger partial charge in [0, 0.05) is 44.2 Å². The molecule has 37 heavy (non-hydrogen) atoms. The van der Waals surface area contributed by atoms with Gasteiger partial charge in [-0.1, -0.05) is 5.16 Å². The summed E-state index contributed by atoms with van der Waals surface area (Å²) >= 11 is 1.01. The van der Waals surface area contributed by atoms with Crippen molar-refractivity contribution in [3.05, 3.63) is 22.5 Å². The molecule has 2 aromatic heterocycles. The number of carboxylic acids is 1. The van der Waals surface area contributed by atoms with Gasteiger partial charge in [-0.05, 0) is 0 Å². The summed E-state index contributed by atoms with van der Waals surface area (Å²) in [6.45, 7) is 0.999. The zero-order chi connectivity index (χ0) is 26.5. The number of β-lactam (4-membered cyclic amide) rings is 1. The highest BCUT2D eigenvalue weighted by molar-refractivity contribution is 7.84. The Labute approximate surface area is 213 Å². The van der Waals surface area contributed by atoms with Crippen LogP contribution in [0.5, 0.6) is 0 Å². The van der Waals surface area contributed by atoms with Crippen LogP contribution in [0.3, 0.4) is 0 Å². The summed E-state index contributed by atoms with van der Waals surface area (Å²) in [4.78, 5) is 47.8. The number of aliphatic carboxylic acids is 1. The number of anilines is 1. The summed E-state index contributed by atoms with van der Waals surface area (Å²) in [6.07, 6.45) is 0.514. The second-order valence-electron chi connectivity index (χ2n) is 8.89. The number of fused-ring (bicyclic) bond motifs is 1. The Morgan fingerprint density at radius 3 is 2.65 bits per heavy atom. The predicted octanol–water partition coefficient (Wildman–Crippen LogP) is -1.41. The van der Waals surface area contributed by atoms with E-state index in [0.29, 0.717) is 29.5 Å². The van der Waals surface area contributed by atoms with Crippen molar-refractivity contribution in [2.75, 3.05) is 12.3 Å². The molecule has 0 spiro atoms.